The zero-order valence-corrected chi connectivity index (χ0v) is 14.2. The van der Waals surface area contributed by atoms with E-state index < -0.39 is 0 Å². The highest BCUT2D eigenvalue weighted by molar-refractivity contribution is 6.42. The van der Waals surface area contributed by atoms with Crippen molar-refractivity contribution in [2.75, 3.05) is 0 Å². The summed E-state index contributed by atoms with van der Waals surface area (Å²) in [5.74, 6) is 0.279. The summed E-state index contributed by atoms with van der Waals surface area (Å²) in [6.45, 7) is 2.06. The van der Waals surface area contributed by atoms with E-state index in [1.54, 1.807) is 0 Å². The predicted molar refractivity (Wildman–Crippen MR) is 97.8 cm³/mol. The summed E-state index contributed by atoms with van der Waals surface area (Å²) < 4.78 is 0. The maximum Gasteiger partial charge on any atom is 0.191 e. The average molecular weight is 346 g/mol. The average Bonchev–Trinajstić information content (AvgIpc) is 2.52. The Bertz CT molecular complexity index is 821. The zero-order valence-electron chi connectivity index (χ0n) is 12.7. The van der Waals surface area contributed by atoms with E-state index in [4.69, 9.17) is 34.7 Å². The SMILES string of the molecule is CC1=C(N=C(N)N)c2ccccc2C(c2ccc(Cl)c(Cl)c2)C1. The van der Waals surface area contributed by atoms with E-state index in [0.717, 1.165) is 28.8 Å². The molecule has 0 radical (unpaired) electrons. The monoisotopic (exact) mass is 345 g/mol. The van der Waals surface area contributed by atoms with E-state index in [2.05, 4.69) is 18.0 Å². The molecule has 0 saturated carbocycles. The summed E-state index contributed by atoms with van der Waals surface area (Å²) in [4.78, 5) is 4.32. The van der Waals surface area contributed by atoms with Crippen molar-refractivity contribution in [3.63, 3.8) is 0 Å². The fraction of sp³-hybridized carbons (Fsp3) is 0.167. The molecule has 0 aromatic heterocycles. The van der Waals surface area contributed by atoms with Crippen molar-refractivity contribution in [3.05, 3.63) is 74.8 Å². The van der Waals surface area contributed by atoms with Crippen LogP contribution in [0.15, 0.2) is 53.0 Å². The van der Waals surface area contributed by atoms with Crippen molar-refractivity contribution in [1.29, 1.82) is 0 Å². The number of halogens is 2. The van der Waals surface area contributed by atoms with Gasteiger partial charge in [-0.3, -0.25) is 0 Å². The topological polar surface area (TPSA) is 64.4 Å². The van der Waals surface area contributed by atoms with Gasteiger partial charge in [0.15, 0.2) is 5.96 Å². The highest BCUT2D eigenvalue weighted by atomic mass is 35.5. The number of hydrogen-bond donors (Lipinski definition) is 2. The molecular weight excluding hydrogens is 329 g/mol. The minimum Gasteiger partial charge on any atom is -0.370 e. The lowest BCUT2D eigenvalue weighted by Crippen LogP contribution is -2.23. The quantitative estimate of drug-likeness (QED) is 0.620. The number of hydrogen-bond acceptors (Lipinski definition) is 1. The third-order valence-electron chi connectivity index (χ3n) is 4.09. The number of rotatable bonds is 2. The van der Waals surface area contributed by atoms with Gasteiger partial charge in [-0.1, -0.05) is 53.5 Å². The molecule has 0 heterocycles. The van der Waals surface area contributed by atoms with Gasteiger partial charge in [0.2, 0.25) is 0 Å². The second kappa shape index (κ2) is 6.26. The first kappa shape index (κ1) is 15.9. The normalized spacial score (nSPS) is 16.9. The van der Waals surface area contributed by atoms with Crippen molar-refractivity contribution in [2.45, 2.75) is 19.3 Å². The Kier molecular flexibility index (Phi) is 4.33. The Morgan fingerprint density at radius 1 is 1.09 bits per heavy atom. The summed E-state index contributed by atoms with van der Waals surface area (Å²) in [7, 11) is 0. The van der Waals surface area contributed by atoms with Gasteiger partial charge in [0, 0.05) is 11.5 Å². The third kappa shape index (κ3) is 3.07. The molecular formula is C18H17Cl2N3. The third-order valence-corrected chi connectivity index (χ3v) is 4.83. The first-order valence-corrected chi connectivity index (χ1v) is 8.06. The standard InChI is InChI=1S/C18H17Cl2N3/c1-10-8-14(11-6-7-15(19)16(20)9-11)12-4-2-3-5-13(12)17(10)23-18(21)22/h2-7,9,14H,8H2,1H3,(H4,21,22,23). The molecule has 0 amide bonds. The fourth-order valence-electron chi connectivity index (χ4n) is 3.07. The summed E-state index contributed by atoms with van der Waals surface area (Å²) in [6.07, 6.45) is 0.834. The van der Waals surface area contributed by atoms with Crippen LogP contribution < -0.4 is 11.5 Å². The van der Waals surface area contributed by atoms with Crippen LogP contribution in [-0.2, 0) is 0 Å². The largest absolute Gasteiger partial charge is 0.370 e. The summed E-state index contributed by atoms with van der Waals surface area (Å²) in [5.41, 5.74) is 16.6. The Morgan fingerprint density at radius 3 is 2.52 bits per heavy atom. The highest BCUT2D eigenvalue weighted by Gasteiger charge is 2.26. The molecule has 1 unspecified atom stereocenters. The second-order valence-electron chi connectivity index (χ2n) is 5.68. The van der Waals surface area contributed by atoms with Gasteiger partial charge < -0.3 is 11.5 Å². The molecule has 4 N–H and O–H groups in total. The lowest BCUT2D eigenvalue weighted by atomic mass is 9.78. The van der Waals surface area contributed by atoms with Gasteiger partial charge in [-0.2, -0.15) is 0 Å². The van der Waals surface area contributed by atoms with E-state index in [1.165, 1.54) is 5.56 Å². The van der Waals surface area contributed by atoms with E-state index in [-0.39, 0.29) is 11.9 Å². The van der Waals surface area contributed by atoms with Crippen molar-refractivity contribution >= 4 is 34.9 Å². The molecule has 0 spiro atoms. The zero-order chi connectivity index (χ0) is 16.6. The molecule has 1 aliphatic carbocycles. The van der Waals surface area contributed by atoms with Crippen LogP contribution in [0.25, 0.3) is 5.70 Å². The maximum absolute atomic E-state index is 6.20. The molecule has 118 valence electrons. The van der Waals surface area contributed by atoms with Crippen LogP contribution in [0.2, 0.25) is 10.0 Å². The van der Waals surface area contributed by atoms with Crippen LogP contribution in [0.1, 0.15) is 36.0 Å². The molecule has 1 aliphatic rings. The Hall–Kier alpha value is -1.97. The number of nitrogens with two attached hydrogens (primary N) is 2. The number of nitrogens with zero attached hydrogens (tertiary/aromatic N) is 1. The first-order chi connectivity index (χ1) is 11.0. The van der Waals surface area contributed by atoms with E-state index in [0.29, 0.717) is 10.0 Å². The van der Waals surface area contributed by atoms with Crippen molar-refractivity contribution < 1.29 is 0 Å². The molecule has 0 fully saturated rings. The van der Waals surface area contributed by atoms with E-state index in [9.17, 15) is 0 Å². The number of aliphatic imine (C=N–C) groups is 1. The molecule has 0 aliphatic heterocycles. The minimum atomic E-state index is 0.0714. The van der Waals surface area contributed by atoms with Gasteiger partial charge in [-0.25, -0.2) is 4.99 Å². The van der Waals surface area contributed by atoms with Crippen LogP contribution in [0.3, 0.4) is 0 Å². The summed E-state index contributed by atoms with van der Waals surface area (Å²) in [5, 5.41) is 1.13. The van der Waals surface area contributed by atoms with E-state index >= 15 is 0 Å². The molecule has 0 saturated heterocycles. The van der Waals surface area contributed by atoms with Gasteiger partial charge in [-0.15, -0.1) is 0 Å². The van der Waals surface area contributed by atoms with Crippen LogP contribution in [0, 0.1) is 0 Å². The van der Waals surface area contributed by atoms with Crippen LogP contribution >= 0.6 is 23.2 Å². The molecule has 1 atom stereocenters. The molecule has 3 nitrogen and oxygen atoms in total. The Labute approximate surface area is 145 Å². The predicted octanol–water partition coefficient (Wildman–Crippen LogP) is 4.53. The van der Waals surface area contributed by atoms with Gasteiger partial charge in [0.25, 0.3) is 0 Å². The fourth-order valence-corrected chi connectivity index (χ4v) is 3.38. The summed E-state index contributed by atoms with van der Waals surface area (Å²) >= 11 is 12.2. The van der Waals surface area contributed by atoms with Crippen molar-refractivity contribution in [1.82, 2.24) is 0 Å². The smallest absolute Gasteiger partial charge is 0.191 e. The van der Waals surface area contributed by atoms with Gasteiger partial charge in [-0.05, 0) is 42.2 Å². The molecule has 0 bridgehead atoms. The molecule has 2 aromatic rings. The Morgan fingerprint density at radius 2 is 1.83 bits per heavy atom. The number of benzene rings is 2. The van der Waals surface area contributed by atoms with Gasteiger partial charge in [0.05, 0.1) is 15.7 Å². The van der Waals surface area contributed by atoms with Gasteiger partial charge in [0.1, 0.15) is 0 Å². The van der Waals surface area contributed by atoms with E-state index in [1.807, 2.05) is 36.4 Å². The Balaban J connectivity index is 2.14. The lowest BCUT2D eigenvalue weighted by Gasteiger charge is -2.28. The lowest BCUT2D eigenvalue weighted by molar-refractivity contribution is 0.778. The molecule has 2 aromatic carbocycles. The van der Waals surface area contributed by atoms with Crippen LogP contribution in [0.4, 0.5) is 0 Å². The number of allylic oxidation sites excluding steroid dienone is 1. The number of fused-ring (bicyclic) bond motifs is 1. The second-order valence-corrected chi connectivity index (χ2v) is 6.50. The minimum absolute atomic E-state index is 0.0714. The molecule has 23 heavy (non-hydrogen) atoms. The first-order valence-electron chi connectivity index (χ1n) is 7.31. The summed E-state index contributed by atoms with van der Waals surface area (Å²) in [6, 6.07) is 14.0. The van der Waals surface area contributed by atoms with Crippen molar-refractivity contribution in [2.24, 2.45) is 16.5 Å². The number of guanidine groups is 1. The van der Waals surface area contributed by atoms with Gasteiger partial charge >= 0.3 is 0 Å². The van der Waals surface area contributed by atoms with Crippen LogP contribution in [0.5, 0.6) is 0 Å². The molecule has 5 heteroatoms. The van der Waals surface area contributed by atoms with Crippen LogP contribution in [-0.4, -0.2) is 5.96 Å². The van der Waals surface area contributed by atoms with Crippen molar-refractivity contribution in [3.8, 4) is 0 Å². The highest BCUT2D eigenvalue weighted by Crippen LogP contribution is 2.43. The molecule has 3 rings (SSSR count). The maximum atomic E-state index is 6.20.